The lowest BCUT2D eigenvalue weighted by Gasteiger charge is -2.13. The van der Waals surface area contributed by atoms with Gasteiger partial charge in [0.05, 0.1) is 17.4 Å². The van der Waals surface area contributed by atoms with Gasteiger partial charge in [-0.05, 0) is 79.7 Å². The maximum atomic E-state index is 14.5. The van der Waals surface area contributed by atoms with E-state index in [1.54, 1.807) is 72.8 Å². The molecule has 0 aliphatic carbocycles. The Morgan fingerprint density at radius 1 is 0.902 bits per heavy atom. The molecule has 0 radical (unpaired) electrons. The van der Waals surface area contributed by atoms with Gasteiger partial charge in [-0.15, -0.1) is 11.8 Å². The smallest absolute Gasteiger partial charge is 0.272 e. The molecule has 0 saturated carbocycles. The Bertz CT molecular complexity index is 1560. The molecule has 0 unspecified atom stereocenters. The van der Waals surface area contributed by atoms with Crippen molar-refractivity contribution in [3.63, 3.8) is 0 Å². The van der Waals surface area contributed by atoms with Crippen LogP contribution in [-0.4, -0.2) is 30.0 Å². The lowest BCUT2D eigenvalue weighted by molar-refractivity contribution is -0.113. The number of rotatable bonds is 11. The second-order valence-corrected chi connectivity index (χ2v) is 10.1. The van der Waals surface area contributed by atoms with Crippen LogP contribution < -0.4 is 15.4 Å². The molecule has 0 spiro atoms. The molecule has 0 fully saturated rings. The molecule has 6 nitrogen and oxygen atoms in total. The van der Waals surface area contributed by atoms with Crippen LogP contribution in [0.3, 0.4) is 0 Å². The third-order valence-corrected chi connectivity index (χ3v) is 7.09. The minimum absolute atomic E-state index is 0.0372. The van der Waals surface area contributed by atoms with E-state index in [1.165, 1.54) is 36.0 Å². The van der Waals surface area contributed by atoms with Gasteiger partial charge in [0, 0.05) is 27.3 Å². The predicted octanol–water partition coefficient (Wildman–Crippen LogP) is 7.26. The molecule has 2 N–H and O–H groups in total. The zero-order valence-electron chi connectivity index (χ0n) is 22.0. The van der Waals surface area contributed by atoms with E-state index >= 15 is 0 Å². The van der Waals surface area contributed by atoms with E-state index in [4.69, 9.17) is 16.3 Å². The van der Waals surface area contributed by atoms with Crippen LogP contribution in [0, 0.1) is 5.82 Å². The summed E-state index contributed by atoms with van der Waals surface area (Å²) in [6.07, 6.45) is 1.20. The number of ether oxygens (including phenoxy) is 1. The molecule has 9 heteroatoms. The van der Waals surface area contributed by atoms with Crippen LogP contribution in [0.15, 0.2) is 108 Å². The predicted molar refractivity (Wildman–Crippen MR) is 161 cm³/mol. The Balaban J connectivity index is 1.49. The number of thioether (sulfide) groups is 1. The van der Waals surface area contributed by atoms with Gasteiger partial charge in [-0.1, -0.05) is 41.9 Å². The Kier molecular flexibility index (Phi) is 10.3. The minimum Gasteiger partial charge on any atom is -0.494 e. The third-order valence-electron chi connectivity index (χ3n) is 5.77. The molecule has 0 aromatic heterocycles. The Morgan fingerprint density at radius 2 is 1.63 bits per heavy atom. The van der Waals surface area contributed by atoms with Gasteiger partial charge in [-0.2, -0.15) is 0 Å². The molecule has 4 aromatic carbocycles. The first-order chi connectivity index (χ1) is 19.8. The number of anilines is 1. The van der Waals surface area contributed by atoms with E-state index in [9.17, 15) is 18.8 Å². The van der Waals surface area contributed by atoms with Gasteiger partial charge in [0.2, 0.25) is 0 Å². The molecule has 208 valence electrons. The number of hydrogen-bond acceptors (Lipinski definition) is 5. The second kappa shape index (κ2) is 14.3. The van der Waals surface area contributed by atoms with E-state index in [1.807, 2.05) is 13.0 Å². The van der Waals surface area contributed by atoms with Gasteiger partial charge in [0.25, 0.3) is 11.8 Å². The van der Waals surface area contributed by atoms with E-state index in [-0.39, 0.29) is 27.8 Å². The summed E-state index contributed by atoms with van der Waals surface area (Å²) < 4.78 is 19.9. The molecular formula is C32H26ClFN2O4S. The number of nitrogens with one attached hydrogen (secondary N) is 2. The van der Waals surface area contributed by atoms with Crippen molar-refractivity contribution in [1.82, 2.24) is 5.32 Å². The molecule has 41 heavy (non-hydrogen) atoms. The third kappa shape index (κ3) is 8.30. The Hall–Kier alpha value is -4.40. The summed E-state index contributed by atoms with van der Waals surface area (Å²) in [6, 6.07) is 26.4. The van der Waals surface area contributed by atoms with Gasteiger partial charge in [0.1, 0.15) is 17.3 Å². The SMILES string of the molecule is CCOc1ccc(C(=O)CSc2cccc(NC(=O)/C(=C/c3c(F)cccc3Cl)NC(=O)c3ccccc3)c2)cc1. The molecule has 2 amide bonds. The summed E-state index contributed by atoms with van der Waals surface area (Å²) in [5.74, 6) is -1.03. The Morgan fingerprint density at radius 3 is 2.34 bits per heavy atom. The van der Waals surface area contributed by atoms with Crippen LogP contribution in [0.1, 0.15) is 33.2 Å². The molecule has 0 aliphatic rings. The van der Waals surface area contributed by atoms with Crippen LogP contribution in [-0.2, 0) is 4.79 Å². The first-order valence-corrected chi connectivity index (χ1v) is 14.0. The van der Waals surface area contributed by atoms with Crippen molar-refractivity contribution in [1.29, 1.82) is 0 Å². The number of amides is 2. The number of ketones is 1. The topological polar surface area (TPSA) is 84.5 Å². The fourth-order valence-electron chi connectivity index (χ4n) is 3.73. The molecule has 0 bridgehead atoms. The van der Waals surface area contributed by atoms with E-state index < -0.39 is 17.6 Å². The molecule has 0 atom stereocenters. The van der Waals surface area contributed by atoms with E-state index in [2.05, 4.69) is 10.6 Å². The van der Waals surface area contributed by atoms with Crippen molar-refractivity contribution in [2.75, 3.05) is 17.7 Å². The van der Waals surface area contributed by atoms with E-state index in [0.717, 1.165) is 4.90 Å². The summed E-state index contributed by atoms with van der Waals surface area (Å²) in [4.78, 5) is 39.6. The van der Waals surface area contributed by atoms with Crippen molar-refractivity contribution in [2.45, 2.75) is 11.8 Å². The highest BCUT2D eigenvalue weighted by Gasteiger charge is 2.17. The van der Waals surface area contributed by atoms with Crippen molar-refractivity contribution in [3.8, 4) is 5.75 Å². The largest absolute Gasteiger partial charge is 0.494 e. The molecular weight excluding hydrogens is 563 g/mol. The molecule has 0 heterocycles. The monoisotopic (exact) mass is 588 g/mol. The molecule has 0 aliphatic heterocycles. The standard InChI is InChI=1S/C32H26ClFN2O4S/c1-2-40-24-16-14-21(15-17-24)30(37)20-41-25-11-6-10-23(18-25)35-32(39)29(19-26-27(33)12-7-13-28(26)34)36-31(38)22-8-4-3-5-9-22/h3-19H,2,20H2,1H3,(H,35,39)(H,36,38)/b29-19-. The summed E-state index contributed by atoms with van der Waals surface area (Å²) >= 11 is 7.49. The van der Waals surface area contributed by atoms with Gasteiger partial charge >= 0.3 is 0 Å². The lowest BCUT2D eigenvalue weighted by Crippen LogP contribution is -2.30. The number of halogens is 2. The average molecular weight is 589 g/mol. The highest BCUT2D eigenvalue weighted by atomic mass is 35.5. The van der Waals surface area contributed by atoms with Gasteiger partial charge in [-0.3, -0.25) is 14.4 Å². The summed E-state index contributed by atoms with van der Waals surface area (Å²) in [5, 5.41) is 5.39. The highest BCUT2D eigenvalue weighted by molar-refractivity contribution is 8.00. The fourth-order valence-corrected chi connectivity index (χ4v) is 4.80. The normalized spacial score (nSPS) is 11.0. The first-order valence-electron chi connectivity index (χ1n) is 12.7. The number of hydrogen-bond donors (Lipinski definition) is 2. The van der Waals surface area contributed by atoms with Crippen LogP contribution in [0.25, 0.3) is 6.08 Å². The molecule has 4 rings (SSSR count). The zero-order chi connectivity index (χ0) is 29.2. The number of carbonyl (C=O) groups excluding carboxylic acids is 3. The van der Waals surface area contributed by atoms with Crippen LogP contribution in [0.4, 0.5) is 10.1 Å². The number of Topliss-reactive ketones (excluding diaryl/α,β-unsaturated/α-hetero) is 1. The lowest BCUT2D eigenvalue weighted by atomic mass is 10.1. The minimum atomic E-state index is -0.679. The number of carbonyl (C=O) groups is 3. The number of benzene rings is 4. The van der Waals surface area contributed by atoms with Crippen LogP contribution in [0.2, 0.25) is 5.02 Å². The van der Waals surface area contributed by atoms with Gasteiger partial charge < -0.3 is 15.4 Å². The first kappa shape index (κ1) is 29.6. The van der Waals surface area contributed by atoms with Crippen molar-refractivity contribution >= 4 is 52.7 Å². The fraction of sp³-hybridized carbons (Fsp3) is 0.0938. The van der Waals surface area contributed by atoms with E-state index in [0.29, 0.717) is 29.2 Å². The van der Waals surface area contributed by atoms with Crippen molar-refractivity contribution in [2.24, 2.45) is 0 Å². The van der Waals surface area contributed by atoms with Gasteiger partial charge in [0.15, 0.2) is 5.78 Å². The van der Waals surface area contributed by atoms with Crippen molar-refractivity contribution in [3.05, 3.63) is 130 Å². The van der Waals surface area contributed by atoms with Gasteiger partial charge in [-0.25, -0.2) is 4.39 Å². The summed E-state index contributed by atoms with van der Waals surface area (Å²) in [7, 11) is 0. The zero-order valence-corrected chi connectivity index (χ0v) is 23.6. The quantitative estimate of drug-likeness (QED) is 0.109. The molecule has 0 saturated heterocycles. The Labute approximate surface area is 246 Å². The summed E-state index contributed by atoms with van der Waals surface area (Å²) in [6.45, 7) is 2.44. The summed E-state index contributed by atoms with van der Waals surface area (Å²) in [5.41, 5.74) is 1.08. The maximum absolute atomic E-state index is 14.5. The maximum Gasteiger partial charge on any atom is 0.272 e. The van der Waals surface area contributed by atoms with Crippen molar-refractivity contribution < 1.29 is 23.5 Å². The highest BCUT2D eigenvalue weighted by Crippen LogP contribution is 2.25. The van der Waals surface area contributed by atoms with Crippen LogP contribution >= 0.6 is 23.4 Å². The molecule has 4 aromatic rings. The average Bonchev–Trinajstić information content (AvgIpc) is 2.98. The second-order valence-electron chi connectivity index (χ2n) is 8.66. The van der Waals surface area contributed by atoms with Crippen LogP contribution in [0.5, 0.6) is 5.75 Å².